The summed E-state index contributed by atoms with van der Waals surface area (Å²) in [6.07, 6.45) is 9.49. The van der Waals surface area contributed by atoms with Crippen LogP contribution in [0.3, 0.4) is 0 Å². The van der Waals surface area contributed by atoms with Gasteiger partial charge in [0.25, 0.3) is 0 Å². The fourth-order valence-electron chi connectivity index (χ4n) is 3.77. The topological polar surface area (TPSA) is 40.7 Å². The number of piperidine rings is 1. The molecule has 2 fully saturated rings. The first-order valence-electron chi connectivity index (χ1n) is 7.61. The maximum atomic E-state index is 4.66. The molecule has 0 aromatic carbocycles. The molecule has 1 aliphatic heterocycles. The number of rotatable bonds is 2. The Morgan fingerprint density at radius 2 is 1.67 bits per heavy atom. The van der Waals surface area contributed by atoms with E-state index < -0.39 is 0 Å². The summed E-state index contributed by atoms with van der Waals surface area (Å²) in [7, 11) is 0. The van der Waals surface area contributed by atoms with Crippen molar-refractivity contribution in [2.45, 2.75) is 63.7 Å². The van der Waals surface area contributed by atoms with Gasteiger partial charge in [-0.2, -0.15) is 5.10 Å². The van der Waals surface area contributed by atoms with Gasteiger partial charge in [0, 0.05) is 11.6 Å². The summed E-state index contributed by atoms with van der Waals surface area (Å²) < 4.78 is 0. The van der Waals surface area contributed by atoms with E-state index in [4.69, 9.17) is 0 Å². The van der Waals surface area contributed by atoms with E-state index in [2.05, 4.69) is 22.4 Å². The minimum Gasteiger partial charge on any atom is -0.317 e. The standard InChI is InChI=1S/C15H25N3/c1-11-14(12-5-3-2-4-6-12)15(18-17-11)13-7-9-16-10-8-13/h12-13,16H,2-10H2,1H3,(H,17,18). The quantitative estimate of drug-likeness (QED) is 0.842. The van der Waals surface area contributed by atoms with E-state index >= 15 is 0 Å². The largest absolute Gasteiger partial charge is 0.317 e. The Hall–Kier alpha value is -0.830. The Balaban J connectivity index is 1.85. The summed E-state index contributed by atoms with van der Waals surface area (Å²) in [5.74, 6) is 1.47. The molecule has 2 aliphatic rings. The molecule has 2 N–H and O–H groups in total. The zero-order valence-electron chi connectivity index (χ0n) is 11.5. The van der Waals surface area contributed by atoms with Gasteiger partial charge in [0.15, 0.2) is 0 Å². The van der Waals surface area contributed by atoms with Crippen LogP contribution in [0, 0.1) is 6.92 Å². The molecule has 0 radical (unpaired) electrons. The van der Waals surface area contributed by atoms with Crippen LogP contribution in [0.4, 0.5) is 0 Å². The van der Waals surface area contributed by atoms with E-state index in [0.717, 1.165) is 19.0 Å². The van der Waals surface area contributed by atoms with Gasteiger partial charge in [0.05, 0.1) is 5.69 Å². The fourth-order valence-corrected chi connectivity index (χ4v) is 3.77. The van der Waals surface area contributed by atoms with E-state index in [0.29, 0.717) is 5.92 Å². The lowest BCUT2D eigenvalue weighted by Gasteiger charge is -2.27. The molecule has 1 saturated carbocycles. The molecular formula is C15H25N3. The number of aryl methyl sites for hydroxylation is 1. The molecule has 3 rings (SSSR count). The van der Waals surface area contributed by atoms with Gasteiger partial charge in [-0.1, -0.05) is 19.3 Å². The van der Waals surface area contributed by atoms with Crippen LogP contribution in [0.5, 0.6) is 0 Å². The maximum Gasteiger partial charge on any atom is 0.0691 e. The molecule has 100 valence electrons. The normalized spacial score (nSPS) is 23.4. The lowest BCUT2D eigenvalue weighted by Crippen LogP contribution is -2.27. The third-order valence-electron chi connectivity index (χ3n) is 4.76. The SMILES string of the molecule is Cc1[nH]nc(C2CCNCC2)c1C1CCCCC1. The van der Waals surface area contributed by atoms with Crippen LogP contribution < -0.4 is 5.32 Å². The van der Waals surface area contributed by atoms with Crippen LogP contribution in [0.15, 0.2) is 0 Å². The van der Waals surface area contributed by atoms with Gasteiger partial charge in [-0.15, -0.1) is 0 Å². The second kappa shape index (κ2) is 5.43. The van der Waals surface area contributed by atoms with E-state index in [1.165, 1.54) is 56.3 Å². The van der Waals surface area contributed by atoms with Crippen molar-refractivity contribution in [3.8, 4) is 0 Å². The van der Waals surface area contributed by atoms with Crippen LogP contribution >= 0.6 is 0 Å². The minimum atomic E-state index is 0.688. The first-order chi connectivity index (χ1) is 8.86. The highest BCUT2D eigenvalue weighted by Gasteiger charge is 2.27. The van der Waals surface area contributed by atoms with E-state index in [1.54, 1.807) is 5.56 Å². The zero-order valence-corrected chi connectivity index (χ0v) is 11.5. The summed E-state index contributed by atoms with van der Waals surface area (Å²) in [5.41, 5.74) is 4.32. The molecule has 1 saturated heterocycles. The molecule has 0 atom stereocenters. The molecule has 1 aromatic rings. The van der Waals surface area contributed by atoms with Gasteiger partial charge in [0.1, 0.15) is 0 Å². The summed E-state index contributed by atoms with van der Waals surface area (Å²) in [6, 6.07) is 0. The number of hydrogen-bond acceptors (Lipinski definition) is 2. The van der Waals surface area contributed by atoms with Crippen LogP contribution in [-0.2, 0) is 0 Å². The maximum absolute atomic E-state index is 4.66. The van der Waals surface area contributed by atoms with Gasteiger partial charge >= 0.3 is 0 Å². The minimum absolute atomic E-state index is 0.688. The van der Waals surface area contributed by atoms with Crippen LogP contribution in [0.2, 0.25) is 0 Å². The molecule has 0 bridgehead atoms. The molecule has 18 heavy (non-hydrogen) atoms. The number of nitrogens with one attached hydrogen (secondary N) is 2. The Morgan fingerprint density at radius 1 is 0.944 bits per heavy atom. The molecule has 0 amide bonds. The molecule has 3 nitrogen and oxygen atoms in total. The zero-order chi connectivity index (χ0) is 12.4. The van der Waals surface area contributed by atoms with Gasteiger partial charge in [0.2, 0.25) is 0 Å². The number of nitrogens with zero attached hydrogens (tertiary/aromatic N) is 1. The Bertz CT molecular complexity index is 384. The van der Waals surface area contributed by atoms with Gasteiger partial charge in [-0.25, -0.2) is 0 Å². The first-order valence-corrected chi connectivity index (χ1v) is 7.61. The number of hydrogen-bond donors (Lipinski definition) is 2. The van der Waals surface area contributed by atoms with Crippen LogP contribution in [0.1, 0.15) is 73.7 Å². The number of aromatic amines is 1. The summed E-state index contributed by atoms with van der Waals surface area (Å²) >= 11 is 0. The van der Waals surface area contributed by atoms with Crippen molar-refractivity contribution in [1.29, 1.82) is 0 Å². The van der Waals surface area contributed by atoms with Gasteiger partial charge < -0.3 is 5.32 Å². The highest BCUT2D eigenvalue weighted by molar-refractivity contribution is 5.32. The molecule has 1 aliphatic carbocycles. The van der Waals surface area contributed by atoms with Gasteiger partial charge in [-0.05, 0) is 57.2 Å². The van der Waals surface area contributed by atoms with E-state index in [-0.39, 0.29) is 0 Å². The third-order valence-corrected chi connectivity index (χ3v) is 4.76. The lowest BCUT2D eigenvalue weighted by molar-refractivity contribution is 0.422. The van der Waals surface area contributed by atoms with Crippen LogP contribution in [0.25, 0.3) is 0 Å². The van der Waals surface area contributed by atoms with Crippen molar-refractivity contribution in [2.75, 3.05) is 13.1 Å². The summed E-state index contributed by atoms with van der Waals surface area (Å²) in [5, 5.41) is 11.4. The number of aromatic nitrogens is 2. The van der Waals surface area contributed by atoms with E-state index in [9.17, 15) is 0 Å². The lowest BCUT2D eigenvalue weighted by atomic mass is 9.80. The summed E-state index contributed by atoms with van der Waals surface area (Å²) in [4.78, 5) is 0. The highest BCUT2D eigenvalue weighted by atomic mass is 15.1. The van der Waals surface area contributed by atoms with Crippen molar-refractivity contribution in [3.05, 3.63) is 17.0 Å². The monoisotopic (exact) mass is 247 g/mol. The van der Waals surface area contributed by atoms with Crippen molar-refractivity contribution >= 4 is 0 Å². The average molecular weight is 247 g/mol. The fraction of sp³-hybridized carbons (Fsp3) is 0.800. The molecule has 0 spiro atoms. The van der Waals surface area contributed by atoms with Crippen molar-refractivity contribution in [3.63, 3.8) is 0 Å². The van der Waals surface area contributed by atoms with Crippen LogP contribution in [-0.4, -0.2) is 23.3 Å². The smallest absolute Gasteiger partial charge is 0.0691 e. The van der Waals surface area contributed by atoms with Gasteiger partial charge in [-0.3, -0.25) is 5.10 Å². The molecule has 2 heterocycles. The average Bonchev–Trinajstić information content (AvgIpc) is 2.83. The molecular weight excluding hydrogens is 222 g/mol. The summed E-state index contributed by atoms with van der Waals surface area (Å²) in [6.45, 7) is 4.52. The molecule has 1 aromatic heterocycles. The Labute approximate surface area is 110 Å². The number of H-pyrrole nitrogens is 1. The van der Waals surface area contributed by atoms with Crippen molar-refractivity contribution in [2.24, 2.45) is 0 Å². The second-order valence-electron chi connectivity index (χ2n) is 6.01. The highest BCUT2D eigenvalue weighted by Crippen LogP contribution is 2.39. The predicted molar refractivity (Wildman–Crippen MR) is 74.0 cm³/mol. The van der Waals surface area contributed by atoms with E-state index in [1.807, 2.05) is 0 Å². The molecule has 0 unspecified atom stereocenters. The first kappa shape index (κ1) is 12.2. The molecule has 3 heteroatoms. The van der Waals surface area contributed by atoms with Crippen molar-refractivity contribution in [1.82, 2.24) is 15.5 Å². The Morgan fingerprint density at radius 3 is 2.39 bits per heavy atom. The van der Waals surface area contributed by atoms with Crippen molar-refractivity contribution < 1.29 is 0 Å². The predicted octanol–water partition coefficient (Wildman–Crippen LogP) is 3.23. The Kier molecular flexibility index (Phi) is 3.69. The second-order valence-corrected chi connectivity index (χ2v) is 6.01. The third kappa shape index (κ3) is 2.33.